The summed E-state index contributed by atoms with van der Waals surface area (Å²) >= 11 is 0. The second kappa shape index (κ2) is 3.32. The normalized spacial score (nSPS) is 12.1. The third-order valence-electron chi connectivity index (χ3n) is 2.11. The van der Waals surface area contributed by atoms with Crippen molar-refractivity contribution < 1.29 is 4.79 Å². The fourth-order valence-corrected chi connectivity index (χ4v) is 1.30. The molecule has 3 nitrogen and oxygen atoms in total. The van der Waals surface area contributed by atoms with E-state index in [1.54, 1.807) is 6.20 Å². The number of carbonyl (C=O) groups is 1. The Balaban J connectivity index is 3.14. The molecule has 0 aromatic carbocycles. The van der Waals surface area contributed by atoms with E-state index in [1.807, 2.05) is 24.6 Å². The Morgan fingerprint density at radius 3 is 2.62 bits per heavy atom. The summed E-state index contributed by atoms with van der Waals surface area (Å²) in [6.45, 7) is 7.90. The van der Waals surface area contributed by atoms with Crippen molar-refractivity contribution in [2.75, 3.05) is 0 Å². The van der Waals surface area contributed by atoms with Gasteiger partial charge in [-0.2, -0.15) is 5.10 Å². The van der Waals surface area contributed by atoms with Crippen LogP contribution in [-0.2, 0) is 10.2 Å². The minimum absolute atomic E-state index is 0.296. The molecular weight excluding hydrogens is 164 g/mol. The topological polar surface area (TPSA) is 34.9 Å². The molecule has 0 N–H and O–H groups in total. The largest absolute Gasteiger partial charge is 0.302 e. The van der Waals surface area contributed by atoms with Crippen molar-refractivity contribution >= 4 is 6.29 Å². The summed E-state index contributed by atoms with van der Waals surface area (Å²) in [6.07, 6.45) is 2.70. The van der Waals surface area contributed by atoms with Crippen molar-refractivity contribution in [3.8, 4) is 0 Å². The molecule has 1 aromatic rings. The molecule has 0 atom stereocenters. The Hall–Kier alpha value is -1.12. The molecule has 0 aliphatic carbocycles. The van der Waals surface area contributed by atoms with Crippen molar-refractivity contribution in [3.05, 3.63) is 18.0 Å². The molecule has 0 spiro atoms. The molecule has 0 radical (unpaired) electrons. The maximum atomic E-state index is 10.9. The Morgan fingerprint density at radius 2 is 2.15 bits per heavy atom. The van der Waals surface area contributed by atoms with Crippen LogP contribution in [-0.4, -0.2) is 16.1 Å². The lowest BCUT2D eigenvalue weighted by atomic mass is 9.91. The summed E-state index contributed by atoms with van der Waals surface area (Å²) in [7, 11) is 0. The Labute approximate surface area is 78.8 Å². The lowest BCUT2D eigenvalue weighted by Gasteiger charge is -2.20. The lowest BCUT2D eigenvalue weighted by molar-refractivity contribution is -0.111. The number of nitrogens with zero attached hydrogens (tertiary/aromatic N) is 2. The summed E-state index contributed by atoms with van der Waals surface area (Å²) in [6, 6.07) is 2.19. The molecule has 0 saturated carbocycles. The Bertz CT molecular complexity index is 300. The zero-order chi connectivity index (χ0) is 10.1. The minimum Gasteiger partial charge on any atom is -0.302 e. The maximum absolute atomic E-state index is 10.9. The van der Waals surface area contributed by atoms with E-state index >= 15 is 0 Å². The van der Waals surface area contributed by atoms with E-state index in [0.29, 0.717) is 6.04 Å². The lowest BCUT2D eigenvalue weighted by Crippen LogP contribution is -2.24. The third kappa shape index (κ3) is 1.79. The molecule has 1 aromatic heterocycles. The highest BCUT2D eigenvalue weighted by molar-refractivity contribution is 5.65. The Kier molecular flexibility index (Phi) is 2.55. The predicted octanol–water partition coefficient (Wildman–Crippen LogP) is 1.94. The van der Waals surface area contributed by atoms with Crippen LogP contribution in [0.1, 0.15) is 39.4 Å². The predicted molar refractivity (Wildman–Crippen MR) is 51.7 cm³/mol. The monoisotopic (exact) mass is 180 g/mol. The molecule has 0 aliphatic rings. The highest BCUT2D eigenvalue weighted by atomic mass is 16.1. The average Bonchev–Trinajstić information content (AvgIpc) is 2.52. The highest BCUT2D eigenvalue weighted by Crippen LogP contribution is 2.22. The van der Waals surface area contributed by atoms with E-state index in [2.05, 4.69) is 18.9 Å². The molecule has 13 heavy (non-hydrogen) atoms. The smallest absolute Gasteiger partial charge is 0.131 e. The molecule has 0 saturated heterocycles. The van der Waals surface area contributed by atoms with Crippen LogP contribution in [0.5, 0.6) is 0 Å². The molecule has 0 bridgehead atoms. The van der Waals surface area contributed by atoms with Crippen LogP contribution >= 0.6 is 0 Å². The van der Waals surface area contributed by atoms with Crippen molar-refractivity contribution in [2.24, 2.45) is 0 Å². The van der Waals surface area contributed by atoms with Crippen LogP contribution in [0.3, 0.4) is 0 Å². The fraction of sp³-hybridized carbons (Fsp3) is 0.600. The van der Waals surface area contributed by atoms with Gasteiger partial charge in [-0.05, 0) is 33.8 Å². The molecule has 0 unspecified atom stereocenters. The summed E-state index contributed by atoms with van der Waals surface area (Å²) in [5.41, 5.74) is 0.526. The summed E-state index contributed by atoms with van der Waals surface area (Å²) in [4.78, 5) is 10.9. The molecule has 1 heterocycles. The minimum atomic E-state index is -0.444. The first-order valence-electron chi connectivity index (χ1n) is 4.49. The standard InChI is InChI=1S/C10H16N2O/c1-8(2)12-9(5-6-11-12)10(3,4)7-13/h5-8H,1-4H3. The maximum Gasteiger partial charge on any atom is 0.131 e. The highest BCUT2D eigenvalue weighted by Gasteiger charge is 2.24. The van der Waals surface area contributed by atoms with Crippen LogP contribution in [0.2, 0.25) is 0 Å². The van der Waals surface area contributed by atoms with Gasteiger partial charge in [0, 0.05) is 12.2 Å². The number of aldehydes is 1. The second-order valence-electron chi connectivity index (χ2n) is 4.09. The molecule has 72 valence electrons. The third-order valence-corrected chi connectivity index (χ3v) is 2.11. The van der Waals surface area contributed by atoms with Crippen molar-refractivity contribution in [3.63, 3.8) is 0 Å². The fourth-order valence-electron chi connectivity index (χ4n) is 1.30. The van der Waals surface area contributed by atoms with Gasteiger partial charge in [-0.1, -0.05) is 0 Å². The van der Waals surface area contributed by atoms with Crippen LogP contribution in [0.15, 0.2) is 12.3 Å². The molecule has 0 amide bonds. The SMILES string of the molecule is CC(C)n1nccc1C(C)(C)C=O. The van der Waals surface area contributed by atoms with Gasteiger partial charge < -0.3 is 4.79 Å². The summed E-state index contributed by atoms with van der Waals surface area (Å²) < 4.78 is 1.88. The molecule has 3 heteroatoms. The molecule has 0 aliphatic heterocycles. The van der Waals surface area contributed by atoms with E-state index in [0.717, 1.165) is 12.0 Å². The first-order chi connectivity index (χ1) is 5.99. The zero-order valence-corrected chi connectivity index (χ0v) is 8.61. The molecular formula is C10H16N2O. The van der Waals surface area contributed by atoms with E-state index in [1.165, 1.54) is 0 Å². The molecule has 1 rings (SSSR count). The number of hydrogen-bond acceptors (Lipinski definition) is 2. The van der Waals surface area contributed by atoms with Crippen molar-refractivity contribution in [1.82, 2.24) is 9.78 Å². The number of rotatable bonds is 3. The van der Waals surface area contributed by atoms with Gasteiger partial charge in [0.2, 0.25) is 0 Å². The number of carbonyl (C=O) groups excluding carboxylic acids is 1. The van der Waals surface area contributed by atoms with Gasteiger partial charge in [0.1, 0.15) is 6.29 Å². The summed E-state index contributed by atoms with van der Waals surface area (Å²) in [5.74, 6) is 0. The number of hydrogen-bond donors (Lipinski definition) is 0. The number of aromatic nitrogens is 2. The van der Waals surface area contributed by atoms with Gasteiger partial charge in [0.05, 0.1) is 11.1 Å². The van der Waals surface area contributed by atoms with E-state index in [4.69, 9.17) is 0 Å². The first kappa shape index (κ1) is 9.96. The second-order valence-corrected chi connectivity index (χ2v) is 4.09. The van der Waals surface area contributed by atoms with Gasteiger partial charge in [-0.25, -0.2) is 0 Å². The Morgan fingerprint density at radius 1 is 1.54 bits per heavy atom. The van der Waals surface area contributed by atoms with Gasteiger partial charge in [0.25, 0.3) is 0 Å². The quantitative estimate of drug-likeness (QED) is 0.666. The van der Waals surface area contributed by atoms with E-state index in [9.17, 15) is 4.79 Å². The average molecular weight is 180 g/mol. The van der Waals surface area contributed by atoms with Gasteiger partial charge in [-0.3, -0.25) is 4.68 Å². The van der Waals surface area contributed by atoms with E-state index in [-0.39, 0.29) is 0 Å². The van der Waals surface area contributed by atoms with E-state index < -0.39 is 5.41 Å². The zero-order valence-electron chi connectivity index (χ0n) is 8.61. The van der Waals surface area contributed by atoms with Crippen LogP contribution in [0.25, 0.3) is 0 Å². The molecule has 0 fully saturated rings. The summed E-state index contributed by atoms with van der Waals surface area (Å²) in [5, 5.41) is 4.19. The van der Waals surface area contributed by atoms with Crippen LogP contribution < -0.4 is 0 Å². The van der Waals surface area contributed by atoms with Crippen LogP contribution in [0.4, 0.5) is 0 Å². The van der Waals surface area contributed by atoms with Gasteiger partial charge >= 0.3 is 0 Å². The van der Waals surface area contributed by atoms with Crippen molar-refractivity contribution in [2.45, 2.75) is 39.2 Å². The van der Waals surface area contributed by atoms with Gasteiger partial charge in [0.15, 0.2) is 0 Å². The first-order valence-corrected chi connectivity index (χ1v) is 4.49. The van der Waals surface area contributed by atoms with Crippen molar-refractivity contribution in [1.29, 1.82) is 0 Å². The van der Waals surface area contributed by atoms with Crippen LogP contribution in [0, 0.1) is 0 Å². The van der Waals surface area contributed by atoms with Gasteiger partial charge in [-0.15, -0.1) is 0 Å².